The Hall–Kier alpha value is -1.12. The molecule has 0 saturated carbocycles. The number of hydrogen-bond donors (Lipinski definition) is 2. The van der Waals surface area contributed by atoms with E-state index in [-0.39, 0.29) is 0 Å². The van der Waals surface area contributed by atoms with Crippen LogP contribution in [-0.2, 0) is 0 Å². The molecule has 0 fully saturated rings. The van der Waals surface area contributed by atoms with Crippen molar-refractivity contribution in [2.45, 2.75) is 83.3 Å². The van der Waals surface area contributed by atoms with Crippen molar-refractivity contribution < 1.29 is 10.2 Å². The normalized spacial score (nSPS) is 13.7. The Labute approximate surface area is 142 Å². The van der Waals surface area contributed by atoms with Gasteiger partial charge < -0.3 is 10.2 Å². The quantitative estimate of drug-likeness (QED) is 0.482. The molecule has 0 aliphatic rings. The maximum atomic E-state index is 10.1. The zero-order valence-corrected chi connectivity index (χ0v) is 14.7. The van der Waals surface area contributed by atoms with E-state index < -0.39 is 12.2 Å². The summed E-state index contributed by atoms with van der Waals surface area (Å²) < 4.78 is 0. The lowest BCUT2D eigenvalue weighted by molar-refractivity contribution is 0.0166. The molecule has 0 saturated heterocycles. The van der Waals surface area contributed by atoms with Gasteiger partial charge in [0.05, 0.1) is 12.2 Å². The van der Waals surface area contributed by atoms with Gasteiger partial charge >= 0.3 is 0 Å². The average molecular weight is 319 g/mol. The maximum absolute atomic E-state index is 10.1. The lowest BCUT2D eigenvalue weighted by Gasteiger charge is -2.19. The second-order valence-electron chi connectivity index (χ2n) is 6.57. The van der Waals surface area contributed by atoms with Crippen LogP contribution in [0.3, 0.4) is 0 Å². The minimum absolute atomic E-state index is 0.433. The van der Waals surface area contributed by atoms with Crippen molar-refractivity contribution in [2.75, 3.05) is 0 Å². The second kappa shape index (κ2) is 12.3. The van der Waals surface area contributed by atoms with E-state index in [4.69, 9.17) is 0 Å². The SMILES string of the molecule is C=C(C[C@@H](O)[C@H](O)CCCCCCCCCC)c1ccccc1. The zero-order chi connectivity index (χ0) is 16.9. The van der Waals surface area contributed by atoms with Gasteiger partial charge in [0.15, 0.2) is 0 Å². The first kappa shape index (κ1) is 19.9. The zero-order valence-electron chi connectivity index (χ0n) is 14.7. The van der Waals surface area contributed by atoms with Crippen molar-refractivity contribution in [3.8, 4) is 0 Å². The molecule has 1 aromatic rings. The van der Waals surface area contributed by atoms with Crippen LogP contribution in [0.15, 0.2) is 36.9 Å². The van der Waals surface area contributed by atoms with Crippen LogP contribution in [-0.4, -0.2) is 22.4 Å². The molecule has 0 spiro atoms. The van der Waals surface area contributed by atoms with E-state index in [1.54, 1.807) is 0 Å². The van der Waals surface area contributed by atoms with Crippen LogP contribution in [0.25, 0.3) is 5.57 Å². The van der Waals surface area contributed by atoms with Crippen LogP contribution in [0, 0.1) is 0 Å². The predicted molar refractivity (Wildman–Crippen MR) is 99.3 cm³/mol. The van der Waals surface area contributed by atoms with Gasteiger partial charge in [0.2, 0.25) is 0 Å². The topological polar surface area (TPSA) is 40.5 Å². The number of hydrogen-bond acceptors (Lipinski definition) is 2. The Kier molecular flexibility index (Phi) is 10.7. The van der Waals surface area contributed by atoms with E-state index in [1.807, 2.05) is 30.3 Å². The molecule has 1 aromatic carbocycles. The smallest absolute Gasteiger partial charge is 0.0839 e. The largest absolute Gasteiger partial charge is 0.390 e. The van der Waals surface area contributed by atoms with Gasteiger partial charge in [-0.1, -0.05) is 95.2 Å². The van der Waals surface area contributed by atoms with Gasteiger partial charge in [0.1, 0.15) is 0 Å². The Balaban J connectivity index is 2.12. The molecule has 1 rings (SSSR count). The van der Waals surface area contributed by atoms with Crippen molar-refractivity contribution in [2.24, 2.45) is 0 Å². The highest BCUT2D eigenvalue weighted by atomic mass is 16.3. The molecule has 0 aliphatic carbocycles. The third-order valence-electron chi connectivity index (χ3n) is 4.44. The standard InChI is InChI=1S/C21H34O2/c1-3-4-5-6-7-8-9-13-16-20(22)21(23)17-18(2)19-14-11-10-12-15-19/h10-12,14-15,20-23H,2-9,13,16-17H2,1H3/t20-,21-/m1/s1. The summed E-state index contributed by atoms with van der Waals surface area (Å²) >= 11 is 0. The molecule has 0 radical (unpaired) electrons. The van der Waals surface area contributed by atoms with Crippen LogP contribution in [0.5, 0.6) is 0 Å². The summed E-state index contributed by atoms with van der Waals surface area (Å²) in [6, 6.07) is 9.86. The molecule has 0 heterocycles. The monoisotopic (exact) mass is 318 g/mol. The van der Waals surface area contributed by atoms with Crippen LogP contribution in [0.2, 0.25) is 0 Å². The van der Waals surface area contributed by atoms with E-state index in [0.717, 1.165) is 24.0 Å². The molecular weight excluding hydrogens is 284 g/mol. The lowest BCUT2D eigenvalue weighted by Crippen LogP contribution is -2.25. The van der Waals surface area contributed by atoms with Gasteiger partial charge in [0, 0.05) is 6.42 Å². The molecule has 0 amide bonds. The molecule has 23 heavy (non-hydrogen) atoms. The van der Waals surface area contributed by atoms with E-state index in [0.29, 0.717) is 12.8 Å². The number of aliphatic hydroxyl groups is 2. The van der Waals surface area contributed by atoms with Crippen molar-refractivity contribution in [3.63, 3.8) is 0 Å². The summed E-state index contributed by atoms with van der Waals surface area (Å²) in [7, 11) is 0. The summed E-state index contributed by atoms with van der Waals surface area (Å²) in [5, 5.41) is 20.2. The van der Waals surface area contributed by atoms with E-state index >= 15 is 0 Å². The molecule has 0 bridgehead atoms. The van der Waals surface area contributed by atoms with E-state index in [1.165, 1.54) is 38.5 Å². The molecule has 2 atom stereocenters. The maximum Gasteiger partial charge on any atom is 0.0839 e. The first-order valence-corrected chi connectivity index (χ1v) is 9.24. The summed E-state index contributed by atoms with van der Waals surface area (Å²) in [6.07, 6.45) is 9.74. The molecule has 2 N–H and O–H groups in total. The summed E-state index contributed by atoms with van der Waals surface area (Å²) in [5.41, 5.74) is 1.92. The first-order chi connectivity index (χ1) is 11.1. The number of unbranched alkanes of at least 4 members (excludes halogenated alkanes) is 7. The van der Waals surface area contributed by atoms with Crippen molar-refractivity contribution in [1.29, 1.82) is 0 Å². The second-order valence-corrected chi connectivity index (χ2v) is 6.57. The van der Waals surface area contributed by atoms with Crippen LogP contribution in [0.4, 0.5) is 0 Å². The predicted octanol–water partition coefficient (Wildman–Crippen LogP) is 5.34. The molecule has 0 aliphatic heterocycles. The molecule has 0 aromatic heterocycles. The highest BCUT2D eigenvalue weighted by Crippen LogP contribution is 2.20. The third-order valence-corrected chi connectivity index (χ3v) is 4.44. The molecular formula is C21H34O2. The Morgan fingerprint density at radius 3 is 2.04 bits per heavy atom. The number of benzene rings is 1. The first-order valence-electron chi connectivity index (χ1n) is 9.24. The highest BCUT2D eigenvalue weighted by molar-refractivity contribution is 5.63. The lowest BCUT2D eigenvalue weighted by atomic mass is 9.96. The fourth-order valence-corrected chi connectivity index (χ4v) is 2.86. The number of rotatable bonds is 13. The van der Waals surface area contributed by atoms with Gasteiger partial charge in [-0.25, -0.2) is 0 Å². The minimum atomic E-state index is -0.715. The van der Waals surface area contributed by atoms with Gasteiger partial charge in [0.25, 0.3) is 0 Å². The van der Waals surface area contributed by atoms with E-state index in [2.05, 4.69) is 13.5 Å². The van der Waals surface area contributed by atoms with Crippen LogP contribution in [0.1, 0.15) is 76.7 Å². The molecule has 2 heteroatoms. The molecule has 130 valence electrons. The van der Waals surface area contributed by atoms with Crippen molar-refractivity contribution in [1.82, 2.24) is 0 Å². The molecule has 2 nitrogen and oxygen atoms in total. The Morgan fingerprint density at radius 1 is 0.870 bits per heavy atom. The van der Waals surface area contributed by atoms with Gasteiger partial charge in [-0.05, 0) is 17.6 Å². The summed E-state index contributed by atoms with van der Waals surface area (Å²) in [5.74, 6) is 0. The summed E-state index contributed by atoms with van der Waals surface area (Å²) in [4.78, 5) is 0. The fraction of sp³-hybridized carbons (Fsp3) is 0.619. The Bertz CT molecular complexity index is 413. The number of aliphatic hydroxyl groups excluding tert-OH is 2. The van der Waals surface area contributed by atoms with Crippen LogP contribution < -0.4 is 0 Å². The van der Waals surface area contributed by atoms with Crippen molar-refractivity contribution in [3.05, 3.63) is 42.5 Å². The van der Waals surface area contributed by atoms with Crippen molar-refractivity contribution >= 4 is 5.57 Å². The fourth-order valence-electron chi connectivity index (χ4n) is 2.86. The highest BCUT2D eigenvalue weighted by Gasteiger charge is 2.17. The van der Waals surface area contributed by atoms with Gasteiger partial charge in [-0.3, -0.25) is 0 Å². The van der Waals surface area contributed by atoms with Crippen LogP contribution >= 0.6 is 0 Å². The Morgan fingerprint density at radius 2 is 1.43 bits per heavy atom. The van der Waals surface area contributed by atoms with Gasteiger partial charge in [-0.15, -0.1) is 0 Å². The molecule has 0 unspecified atom stereocenters. The minimum Gasteiger partial charge on any atom is -0.390 e. The third kappa shape index (κ3) is 8.92. The van der Waals surface area contributed by atoms with Gasteiger partial charge in [-0.2, -0.15) is 0 Å². The summed E-state index contributed by atoms with van der Waals surface area (Å²) in [6.45, 7) is 6.26. The average Bonchev–Trinajstić information content (AvgIpc) is 2.57. The van der Waals surface area contributed by atoms with E-state index in [9.17, 15) is 10.2 Å².